The molecule has 0 aliphatic rings. The van der Waals surface area contributed by atoms with Crippen molar-refractivity contribution in [1.29, 1.82) is 0 Å². The lowest BCUT2D eigenvalue weighted by atomic mass is 9.99. The van der Waals surface area contributed by atoms with Crippen LogP contribution in [0.15, 0.2) is 427 Å². The van der Waals surface area contributed by atoms with Gasteiger partial charge in [-0.3, -0.25) is 0 Å². The molecule has 133 heavy (non-hydrogen) atoms. The predicted molar refractivity (Wildman–Crippen MR) is 565 cm³/mol. The third kappa shape index (κ3) is 13.6. The van der Waals surface area contributed by atoms with Crippen LogP contribution in [0.5, 0.6) is 0 Å². The smallest absolute Gasteiger partial charge is 0.138 e. The Morgan fingerprint density at radius 2 is 0.368 bits per heavy atom. The van der Waals surface area contributed by atoms with Gasteiger partial charge in [0.05, 0.1) is 0 Å². The average molecular weight is 1710 g/mol. The van der Waals surface area contributed by atoms with Crippen LogP contribution in [-0.4, -0.2) is 0 Å². The van der Waals surface area contributed by atoms with E-state index in [2.05, 4.69) is 442 Å². The lowest BCUT2D eigenvalue weighted by Crippen LogP contribution is -1.80. The molecule has 0 N–H and O–H groups in total. The van der Waals surface area contributed by atoms with E-state index in [9.17, 15) is 0 Å². The van der Waals surface area contributed by atoms with Crippen molar-refractivity contribution >= 4 is 261 Å². The fraction of sp³-hybridized carbons (Fsp3) is 0.0551. The minimum absolute atomic E-state index is 0.961. The Hall–Kier alpha value is -16.8. The van der Waals surface area contributed by atoms with Crippen LogP contribution in [-0.2, 0) is 6.42 Å². The molecule has 0 fully saturated rings. The molecule has 0 aliphatic carbocycles. The summed E-state index contributed by atoms with van der Waals surface area (Å²) in [5.41, 5.74) is 19.0. The summed E-state index contributed by atoms with van der Waals surface area (Å²) >= 11 is 0. The molecule has 0 aliphatic heterocycles. The Bertz CT molecular complexity index is 9290. The number of rotatable bonds is 1. The van der Waals surface area contributed by atoms with Crippen LogP contribution in [0.2, 0.25) is 0 Å². The van der Waals surface area contributed by atoms with Gasteiger partial charge in [-0.05, 0) is 337 Å². The first kappa shape index (κ1) is 78.5. The monoisotopic (exact) mass is 1710 g/mol. The summed E-state index contributed by atoms with van der Waals surface area (Å²) in [6, 6.07) is 142. The van der Waals surface area contributed by atoms with Crippen molar-refractivity contribution in [2.24, 2.45) is 0 Å². The third-order valence-corrected chi connectivity index (χ3v) is 27.2. The van der Waals surface area contributed by atoms with Gasteiger partial charge in [-0.25, -0.2) is 0 Å². The fourth-order valence-electron chi connectivity index (χ4n) is 20.7. The summed E-state index contributed by atoms with van der Waals surface area (Å²) < 4.78 is 36.5. The maximum Gasteiger partial charge on any atom is 0.138 e. The van der Waals surface area contributed by atoms with E-state index in [1.807, 2.05) is 0 Å². The Morgan fingerprint density at radius 3 is 0.624 bits per heavy atom. The molecule has 0 unspecified atom stereocenters. The van der Waals surface area contributed by atoms with E-state index in [0.717, 1.165) is 73.4 Å². The molecule has 0 saturated carbocycles. The Kier molecular flexibility index (Phi) is 18.6. The Labute approximate surface area is 763 Å². The van der Waals surface area contributed by atoms with Crippen LogP contribution < -0.4 is 0 Å². The van der Waals surface area contributed by atoms with Gasteiger partial charge in [0.25, 0.3) is 0 Å². The van der Waals surface area contributed by atoms with E-state index >= 15 is 0 Å². The summed E-state index contributed by atoms with van der Waals surface area (Å²) in [5.74, 6) is 0. The highest BCUT2D eigenvalue weighted by atomic mass is 16.3. The molecule has 6 heterocycles. The summed E-state index contributed by atoms with van der Waals surface area (Å²) in [7, 11) is 0. The fourth-order valence-corrected chi connectivity index (χ4v) is 20.7. The van der Waals surface area contributed by atoms with Gasteiger partial charge in [-0.15, -0.1) is 0 Å². The zero-order chi connectivity index (χ0) is 88.8. The second kappa shape index (κ2) is 31.6. The molecule has 0 atom stereocenters. The molecule has 630 valence electrons. The second-order valence-corrected chi connectivity index (χ2v) is 35.9. The van der Waals surface area contributed by atoms with Gasteiger partial charge in [0.2, 0.25) is 0 Å². The topological polar surface area (TPSA) is 78.8 Å². The zero-order valence-corrected chi connectivity index (χ0v) is 74.3. The number of para-hydroxylation sites is 2. The first-order valence-electron chi connectivity index (χ1n) is 45.8. The largest absolute Gasteiger partial charge is 0.456 e. The molecule has 30 rings (SSSR count). The highest BCUT2D eigenvalue weighted by Gasteiger charge is 2.20. The van der Waals surface area contributed by atoms with Crippen molar-refractivity contribution in [3.63, 3.8) is 0 Å². The van der Waals surface area contributed by atoms with Gasteiger partial charge in [0.15, 0.2) is 0 Å². The van der Waals surface area contributed by atoms with Crippen LogP contribution in [0.1, 0.15) is 40.3 Å². The number of benzene rings is 24. The van der Waals surface area contributed by atoms with Crippen LogP contribution in [0.4, 0.5) is 0 Å². The van der Waals surface area contributed by atoms with E-state index < -0.39 is 0 Å². The maximum absolute atomic E-state index is 6.19. The van der Waals surface area contributed by atoms with Crippen molar-refractivity contribution in [2.45, 2.75) is 48.0 Å². The van der Waals surface area contributed by atoms with Gasteiger partial charge in [0, 0.05) is 64.6 Å². The normalized spacial score (nSPS) is 11.9. The van der Waals surface area contributed by atoms with Crippen LogP contribution in [0.3, 0.4) is 0 Å². The van der Waals surface area contributed by atoms with Gasteiger partial charge in [-0.2, -0.15) is 0 Å². The second-order valence-electron chi connectivity index (χ2n) is 35.9. The number of hydrogen-bond donors (Lipinski definition) is 0. The SMILES string of the molecule is CCc1cccc2c1oc1ccc3cc4ccccc4cc3c12.Cc1ccc2c(c1)oc1ccc3cc4ccccc4cc3c12.Cc1ccc2c(c1)oc1ccc3cc4ccccc4cc3c12.Cc1ccc2c(c1)oc1ccc3cc4ccccc4cc3c12.Cc1ccc2c(c1)oc1ccc3cc4ccccc4cc3c12.Cc1cccc2c1oc1ccc3cc4ccccc4cc3c12. The highest BCUT2D eigenvalue weighted by Crippen LogP contribution is 2.45. The van der Waals surface area contributed by atoms with Gasteiger partial charge in [-0.1, -0.05) is 274 Å². The van der Waals surface area contributed by atoms with Crippen LogP contribution >= 0.6 is 0 Å². The van der Waals surface area contributed by atoms with E-state index in [1.54, 1.807) is 0 Å². The van der Waals surface area contributed by atoms with Crippen LogP contribution in [0, 0.1) is 34.6 Å². The summed E-state index contributed by atoms with van der Waals surface area (Å²) in [5, 5.41) is 45.0. The quantitative estimate of drug-likeness (QED) is 0.152. The molecule has 0 bridgehead atoms. The van der Waals surface area contributed by atoms with Gasteiger partial charge in [0.1, 0.15) is 67.0 Å². The van der Waals surface area contributed by atoms with Gasteiger partial charge >= 0.3 is 0 Å². The standard InChI is InChI=1S/C22H16O.5C21H14O/c1-2-14-8-5-9-18-21-19-13-16-7-4-3-6-15(16)12-17(19)10-11-20(21)23-22(14)18;1-13-5-4-8-17-20-18-12-15-7-3-2-6-14(15)11-16(18)9-10-19(20)22-21(13)17;4*1-13-6-8-17-20(10-13)22-19-9-7-16-11-14-4-2-3-5-15(14)12-18(16)21(17)19/h3-13H,2H2,1H3;5*2-12H,1H3. The number of furan rings is 6. The van der Waals surface area contributed by atoms with Crippen molar-refractivity contribution in [2.75, 3.05) is 0 Å². The van der Waals surface area contributed by atoms with E-state index in [1.165, 1.54) is 227 Å². The third-order valence-electron chi connectivity index (χ3n) is 27.2. The molecule has 6 heteroatoms. The lowest BCUT2D eigenvalue weighted by Gasteiger charge is -2.03. The van der Waals surface area contributed by atoms with Crippen molar-refractivity contribution < 1.29 is 26.5 Å². The minimum atomic E-state index is 0.961. The molecule has 0 saturated heterocycles. The van der Waals surface area contributed by atoms with E-state index in [-0.39, 0.29) is 0 Å². The molecule has 30 aromatic rings. The highest BCUT2D eigenvalue weighted by molar-refractivity contribution is 6.27. The lowest BCUT2D eigenvalue weighted by molar-refractivity contribution is 0.663. The van der Waals surface area contributed by atoms with Crippen molar-refractivity contribution in [3.05, 3.63) is 434 Å². The molecular formula is C127H86O6. The summed E-state index contributed by atoms with van der Waals surface area (Å²) in [6.45, 7) is 12.7. The Morgan fingerprint density at radius 1 is 0.150 bits per heavy atom. The number of hydrogen-bond acceptors (Lipinski definition) is 6. The van der Waals surface area contributed by atoms with Crippen LogP contribution in [0.25, 0.3) is 261 Å². The molecular weight excluding hydrogens is 1620 g/mol. The predicted octanol–water partition coefficient (Wildman–Crippen LogP) is 37.5. The molecule has 6 nitrogen and oxygen atoms in total. The van der Waals surface area contributed by atoms with E-state index in [4.69, 9.17) is 26.5 Å². The maximum atomic E-state index is 6.19. The molecule has 0 amide bonds. The van der Waals surface area contributed by atoms with Crippen molar-refractivity contribution in [3.8, 4) is 0 Å². The average Bonchev–Trinajstić information content (AvgIpc) is 1.64. The van der Waals surface area contributed by atoms with Crippen molar-refractivity contribution in [1.82, 2.24) is 0 Å². The molecule has 0 radical (unpaired) electrons. The zero-order valence-electron chi connectivity index (χ0n) is 74.3. The summed E-state index contributed by atoms with van der Waals surface area (Å²) in [6.07, 6.45) is 0.984. The minimum Gasteiger partial charge on any atom is -0.456 e. The van der Waals surface area contributed by atoms with Gasteiger partial charge < -0.3 is 26.5 Å². The summed E-state index contributed by atoms with van der Waals surface area (Å²) in [4.78, 5) is 0. The molecule has 6 aromatic heterocycles. The first-order valence-corrected chi connectivity index (χ1v) is 45.8. The number of fused-ring (bicyclic) bond motifs is 36. The number of aryl methyl sites for hydroxylation is 6. The first-order chi connectivity index (χ1) is 65.3. The Balaban J connectivity index is 0.0000000855. The van der Waals surface area contributed by atoms with E-state index in [0.29, 0.717) is 0 Å². The molecule has 24 aromatic carbocycles. The molecule has 0 spiro atoms.